The Labute approximate surface area is 177 Å². The molecule has 0 amide bonds. The number of unbranched alkanes of at least 4 members (excludes halogenated alkanes) is 1. The van der Waals surface area contributed by atoms with Crippen LogP contribution in [0, 0.1) is 5.92 Å². The van der Waals surface area contributed by atoms with Gasteiger partial charge in [-0.05, 0) is 58.7 Å². The normalized spacial score (nSPS) is 21.2. The Morgan fingerprint density at radius 1 is 1.15 bits per heavy atom. The molecule has 1 unspecified atom stereocenters. The molecule has 26 heavy (non-hydrogen) atoms. The van der Waals surface area contributed by atoms with Crippen molar-refractivity contribution in [2.45, 2.75) is 39.0 Å². The zero-order valence-corrected chi connectivity index (χ0v) is 19.1. The predicted octanol–water partition coefficient (Wildman–Crippen LogP) is 2.43. The molecule has 2 rings (SSSR count). The molecule has 0 saturated carbocycles. The van der Waals surface area contributed by atoms with Gasteiger partial charge in [-0.2, -0.15) is 0 Å². The highest BCUT2D eigenvalue weighted by Crippen LogP contribution is 2.16. The van der Waals surface area contributed by atoms with E-state index >= 15 is 0 Å². The van der Waals surface area contributed by atoms with E-state index in [1.165, 1.54) is 51.7 Å². The van der Waals surface area contributed by atoms with Crippen LogP contribution in [0.2, 0.25) is 0 Å². The Morgan fingerprint density at radius 3 is 2.69 bits per heavy atom. The van der Waals surface area contributed by atoms with Crippen molar-refractivity contribution < 1.29 is 9.47 Å². The van der Waals surface area contributed by atoms with Crippen LogP contribution in [0.1, 0.15) is 39.0 Å². The molecule has 1 atom stereocenters. The molecule has 2 heterocycles. The Morgan fingerprint density at radius 2 is 1.96 bits per heavy atom. The number of nitrogens with zero attached hydrogens (tertiary/aromatic N) is 3. The first kappa shape index (κ1) is 23.9. The van der Waals surface area contributed by atoms with E-state index in [0.29, 0.717) is 19.1 Å². The number of aliphatic imine (C=N–C) groups is 1. The minimum atomic E-state index is 0. The van der Waals surface area contributed by atoms with Gasteiger partial charge in [0.05, 0.1) is 19.8 Å². The number of guanidine groups is 1. The topological polar surface area (TPSA) is 49.3 Å². The van der Waals surface area contributed by atoms with E-state index in [9.17, 15) is 0 Å². The monoisotopic (exact) mass is 482 g/mol. The Balaban J connectivity index is 0.00000338. The summed E-state index contributed by atoms with van der Waals surface area (Å²) in [5.41, 5.74) is 0. The second-order valence-electron chi connectivity index (χ2n) is 7.16. The fraction of sp³-hybridized carbons (Fsp3) is 0.947. The van der Waals surface area contributed by atoms with Crippen LogP contribution in [0.25, 0.3) is 0 Å². The summed E-state index contributed by atoms with van der Waals surface area (Å²) in [6, 6.07) is 0. The molecule has 2 aliphatic rings. The van der Waals surface area contributed by atoms with Crippen LogP contribution < -0.4 is 5.32 Å². The van der Waals surface area contributed by atoms with Crippen LogP contribution in [0.4, 0.5) is 0 Å². The van der Waals surface area contributed by atoms with Gasteiger partial charge in [0, 0.05) is 39.2 Å². The molecule has 1 N–H and O–H groups in total. The number of nitrogens with one attached hydrogen (secondary N) is 1. The summed E-state index contributed by atoms with van der Waals surface area (Å²) >= 11 is 0. The van der Waals surface area contributed by atoms with E-state index in [-0.39, 0.29) is 24.0 Å². The summed E-state index contributed by atoms with van der Waals surface area (Å²) in [5.74, 6) is 1.69. The average molecular weight is 482 g/mol. The standard InChI is InChI=1S/C19H38N4O2.HI/c1-3-20-19(21-9-4-5-10-22-11-6-7-12-22)23-13-8-18(16-23)17-25-15-14-24-2;/h18H,3-17H2,1-2H3,(H,20,21);1H. The second-order valence-corrected chi connectivity index (χ2v) is 7.16. The van der Waals surface area contributed by atoms with Gasteiger partial charge in [0.2, 0.25) is 0 Å². The van der Waals surface area contributed by atoms with E-state index in [2.05, 4.69) is 22.0 Å². The fourth-order valence-electron chi connectivity index (χ4n) is 3.62. The molecule has 0 aromatic heterocycles. The molecular weight excluding hydrogens is 443 g/mol. The van der Waals surface area contributed by atoms with E-state index in [1.807, 2.05) is 0 Å². The van der Waals surface area contributed by atoms with Crippen molar-refractivity contribution in [3.05, 3.63) is 0 Å². The lowest BCUT2D eigenvalue weighted by atomic mass is 10.1. The lowest BCUT2D eigenvalue weighted by Crippen LogP contribution is -2.40. The summed E-state index contributed by atoms with van der Waals surface area (Å²) in [5, 5.41) is 3.46. The Hall–Kier alpha value is -0.120. The minimum Gasteiger partial charge on any atom is -0.382 e. The van der Waals surface area contributed by atoms with Gasteiger partial charge in [-0.3, -0.25) is 4.99 Å². The smallest absolute Gasteiger partial charge is 0.193 e. The number of likely N-dealkylation sites (tertiary alicyclic amines) is 2. The fourth-order valence-corrected chi connectivity index (χ4v) is 3.62. The van der Waals surface area contributed by atoms with Crippen LogP contribution in [-0.4, -0.2) is 88.5 Å². The van der Waals surface area contributed by atoms with Gasteiger partial charge in [0.15, 0.2) is 5.96 Å². The van der Waals surface area contributed by atoms with Crippen LogP contribution in [-0.2, 0) is 9.47 Å². The summed E-state index contributed by atoms with van der Waals surface area (Å²) in [7, 11) is 1.71. The Bertz CT molecular complexity index is 379. The van der Waals surface area contributed by atoms with Crippen molar-refractivity contribution >= 4 is 29.9 Å². The molecule has 0 radical (unpaired) electrons. The van der Waals surface area contributed by atoms with Crippen LogP contribution in [0.15, 0.2) is 4.99 Å². The molecule has 0 spiro atoms. The quantitative estimate of drug-likeness (QED) is 0.212. The van der Waals surface area contributed by atoms with Gasteiger partial charge in [-0.1, -0.05) is 0 Å². The van der Waals surface area contributed by atoms with Crippen LogP contribution >= 0.6 is 24.0 Å². The molecule has 6 nitrogen and oxygen atoms in total. The molecule has 2 saturated heterocycles. The van der Waals surface area contributed by atoms with Gasteiger partial charge in [-0.15, -0.1) is 24.0 Å². The van der Waals surface area contributed by atoms with Gasteiger partial charge in [0.25, 0.3) is 0 Å². The molecule has 0 aromatic rings. The minimum absolute atomic E-state index is 0. The molecule has 154 valence electrons. The maximum atomic E-state index is 5.69. The van der Waals surface area contributed by atoms with Gasteiger partial charge in [0.1, 0.15) is 0 Å². The third kappa shape index (κ3) is 9.19. The zero-order valence-electron chi connectivity index (χ0n) is 16.8. The average Bonchev–Trinajstić information content (AvgIpc) is 3.29. The lowest BCUT2D eigenvalue weighted by Gasteiger charge is -2.22. The number of hydrogen-bond donors (Lipinski definition) is 1. The van der Waals surface area contributed by atoms with Gasteiger partial charge < -0.3 is 24.6 Å². The van der Waals surface area contributed by atoms with E-state index in [0.717, 1.165) is 38.7 Å². The van der Waals surface area contributed by atoms with Crippen molar-refractivity contribution in [1.29, 1.82) is 0 Å². The molecule has 7 heteroatoms. The van der Waals surface area contributed by atoms with E-state index in [1.54, 1.807) is 7.11 Å². The molecule has 0 aromatic carbocycles. The number of ether oxygens (including phenoxy) is 2. The molecule has 2 fully saturated rings. The largest absolute Gasteiger partial charge is 0.382 e. The first-order valence-corrected chi connectivity index (χ1v) is 10.2. The van der Waals surface area contributed by atoms with Crippen molar-refractivity contribution in [3.8, 4) is 0 Å². The molecule has 0 aliphatic carbocycles. The first-order chi connectivity index (χ1) is 12.3. The first-order valence-electron chi connectivity index (χ1n) is 10.2. The maximum absolute atomic E-state index is 5.69. The highest BCUT2D eigenvalue weighted by Gasteiger charge is 2.24. The third-order valence-electron chi connectivity index (χ3n) is 5.05. The number of methoxy groups -OCH3 is 1. The van der Waals surface area contributed by atoms with E-state index in [4.69, 9.17) is 14.5 Å². The van der Waals surface area contributed by atoms with Crippen LogP contribution in [0.5, 0.6) is 0 Å². The summed E-state index contributed by atoms with van der Waals surface area (Å²) in [4.78, 5) is 9.84. The SMILES string of the molecule is CCNC(=NCCCCN1CCCC1)N1CCC(COCCOC)C1.I. The van der Waals surface area contributed by atoms with E-state index < -0.39 is 0 Å². The summed E-state index contributed by atoms with van der Waals surface area (Å²) in [6.07, 6.45) is 6.40. The maximum Gasteiger partial charge on any atom is 0.193 e. The third-order valence-corrected chi connectivity index (χ3v) is 5.05. The second kappa shape index (κ2) is 14.9. The van der Waals surface area contributed by atoms with Crippen molar-refractivity contribution in [2.24, 2.45) is 10.9 Å². The predicted molar refractivity (Wildman–Crippen MR) is 119 cm³/mol. The number of halogens is 1. The Kier molecular flexibility index (Phi) is 13.7. The zero-order chi connectivity index (χ0) is 17.7. The van der Waals surface area contributed by atoms with Gasteiger partial charge in [-0.25, -0.2) is 0 Å². The van der Waals surface area contributed by atoms with Crippen molar-refractivity contribution in [2.75, 3.05) is 72.7 Å². The molecular formula is C19H39IN4O2. The molecule has 0 bridgehead atoms. The summed E-state index contributed by atoms with van der Waals surface area (Å²) in [6.45, 7) is 12.2. The molecule has 2 aliphatic heterocycles. The van der Waals surface area contributed by atoms with Crippen molar-refractivity contribution in [3.63, 3.8) is 0 Å². The lowest BCUT2D eigenvalue weighted by molar-refractivity contribution is 0.0536. The van der Waals surface area contributed by atoms with Crippen LogP contribution in [0.3, 0.4) is 0 Å². The summed E-state index contributed by atoms with van der Waals surface area (Å²) < 4.78 is 10.7. The number of hydrogen-bond acceptors (Lipinski definition) is 4. The highest BCUT2D eigenvalue weighted by atomic mass is 127. The number of rotatable bonds is 11. The highest BCUT2D eigenvalue weighted by molar-refractivity contribution is 14.0. The van der Waals surface area contributed by atoms with Gasteiger partial charge >= 0.3 is 0 Å². The van der Waals surface area contributed by atoms with Crippen molar-refractivity contribution in [1.82, 2.24) is 15.1 Å².